The van der Waals surface area contributed by atoms with Crippen molar-refractivity contribution in [1.29, 1.82) is 0 Å². The van der Waals surface area contributed by atoms with E-state index in [0.29, 0.717) is 38.2 Å². The Bertz CT molecular complexity index is 797. The number of likely N-dealkylation sites (tertiary alicyclic amines) is 1. The van der Waals surface area contributed by atoms with Gasteiger partial charge in [0.15, 0.2) is 0 Å². The molecule has 0 atom stereocenters. The molecule has 9 heteroatoms. The van der Waals surface area contributed by atoms with E-state index in [9.17, 15) is 22.8 Å². The summed E-state index contributed by atoms with van der Waals surface area (Å²) in [6.07, 6.45) is -2.04. The summed E-state index contributed by atoms with van der Waals surface area (Å²) >= 11 is 0. The van der Waals surface area contributed by atoms with E-state index < -0.39 is 11.7 Å². The Morgan fingerprint density at radius 3 is 2.13 bits per heavy atom. The molecule has 0 spiro atoms. The van der Waals surface area contributed by atoms with Crippen molar-refractivity contribution >= 4 is 23.2 Å². The summed E-state index contributed by atoms with van der Waals surface area (Å²) in [4.78, 5) is 30.0. The molecule has 2 amide bonds. The molecule has 1 aromatic carbocycles. The van der Waals surface area contributed by atoms with E-state index >= 15 is 0 Å². The summed E-state index contributed by atoms with van der Waals surface area (Å²) in [7, 11) is 0. The average molecular weight is 441 g/mol. The van der Waals surface area contributed by atoms with Gasteiger partial charge in [-0.2, -0.15) is 13.2 Å². The summed E-state index contributed by atoms with van der Waals surface area (Å²) in [5.74, 6) is -0.173. The van der Waals surface area contributed by atoms with Crippen LogP contribution in [-0.4, -0.2) is 60.9 Å². The van der Waals surface area contributed by atoms with E-state index in [1.165, 1.54) is 11.0 Å². The normalized spacial score (nSPS) is 20.4. The number of nitrogens with zero attached hydrogens (tertiary/aromatic N) is 3. The van der Waals surface area contributed by atoms with Crippen LogP contribution in [0.2, 0.25) is 0 Å². The molecule has 2 saturated heterocycles. The monoisotopic (exact) mass is 440 g/mol. The molecule has 0 unspecified atom stereocenters. The highest BCUT2D eigenvalue weighted by Gasteiger charge is 2.37. The molecule has 0 saturated carbocycles. The Balaban J connectivity index is 1.42. The topological polar surface area (TPSA) is 69.9 Å². The van der Waals surface area contributed by atoms with Crippen molar-refractivity contribution in [3.8, 4) is 0 Å². The molecule has 0 aliphatic carbocycles. The lowest BCUT2D eigenvalue weighted by Gasteiger charge is -2.37. The number of halogens is 3. The molecule has 2 heterocycles. The van der Waals surface area contributed by atoms with Crippen LogP contribution in [0.1, 0.15) is 45.1 Å². The van der Waals surface area contributed by atoms with Gasteiger partial charge in [-0.25, -0.2) is 0 Å². The summed E-state index contributed by atoms with van der Waals surface area (Å²) in [5, 5.41) is 0. The van der Waals surface area contributed by atoms with Crippen molar-refractivity contribution in [1.82, 2.24) is 9.80 Å². The zero-order valence-corrected chi connectivity index (χ0v) is 18.2. The minimum absolute atomic E-state index is 0.0865. The molecule has 2 aliphatic rings. The number of alkyl halides is 3. The minimum atomic E-state index is -4.46. The Hall–Kier alpha value is -2.29. The maximum atomic E-state index is 13.1. The zero-order valence-electron chi connectivity index (χ0n) is 18.2. The van der Waals surface area contributed by atoms with Gasteiger partial charge >= 0.3 is 6.18 Å². The number of hydrogen-bond donors (Lipinski definition) is 1. The average Bonchev–Trinajstić information content (AvgIpc) is 2.66. The van der Waals surface area contributed by atoms with Gasteiger partial charge in [0, 0.05) is 56.9 Å². The van der Waals surface area contributed by atoms with E-state index in [4.69, 9.17) is 5.73 Å². The summed E-state index contributed by atoms with van der Waals surface area (Å²) < 4.78 is 39.3. The van der Waals surface area contributed by atoms with Gasteiger partial charge in [-0.1, -0.05) is 13.8 Å². The van der Waals surface area contributed by atoms with Crippen molar-refractivity contribution in [3.63, 3.8) is 0 Å². The maximum Gasteiger partial charge on any atom is 0.418 e. The SMILES string of the molecule is CC1(C)CC(=O)N(CCCCN2CCN(c3ccc(N)c(C(F)(F)F)c3)CC2)C(=O)C1. The molecule has 31 heavy (non-hydrogen) atoms. The molecule has 0 radical (unpaired) electrons. The van der Waals surface area contributed by atoms with Crippen LogP contribution < -0.4 is 10.6 Å². The van der Waals surface area contributed by atoms with Crippen LogP contribution >= 0.6 is 0 Å². The first kappa shape index (κ1) is 23.4. The minimum Gasteiger partial charge on any atom is -0.398 e. The van der Waals surface area contributed by atoms with Crippen LogP contribution in [0.4, 0.5) is 24.5 Å². The summed E-state index contributed by atoms with van der Waals surface area (Å²) in [6, 6.07) is 4.07. The molecular formula is C22H31F3N4O2. The third-order valence-electron chi connectivity index (χ3n) is 6.05. The van der Waals surface area contributed by atoms with Crippen molar-refractivity contribution < 1.29 is 22.8 Å². The predicted molar refractivity (Wildman–Crippen MR) is 113 cm³/mol. The van der Waals surface area contributed by atoms with E-state index in [1.807, 2.05) is 18.7 Å². The molecule has 0 aromatic heterocycles. The number of unbranched alkanes of at least 4 members (excludes halogenated alkanes) is 1. The summed E-state index contributed by atoms with van der Waals surface area (Å²) in [5.41, 5.74) is 4.71. The third-order valence-corrected chi connectivity index (χ3v) is 6.05. The van der Waals surface area contributed by atoms with Crippen molar-refractivity contribution in [2.24, 2.45) is 5.41 Å². The number of amides is 2. The number of carbonyl (C=O) groups excluding carboxylic acids is 2. The van der Waals surface area contributed by atoms with Gasteiger partial charge < -0.3 is 10.6 Å². The first-order valence-corrected chi connectivity index (χ1v) is 10.7. The van der Waals surface area contributed by atoms with E-state index in [-0.39, 0.29) is 22.9 Å². The number of carbonyl (C=O) groups is 2. The number of hydrogen-bond acceptors (Lipinski definition) is 5. The Morgan fingerprint density at radius 1 is 0.968 bits per heavy atom. The van der Waals surface area contributed by atoms with Crippen LogP contribution in [-0.2, 0) is 15.8 Å². The van der Waals surface area contributed by atoms with E-state index in [0.717, 1.165) is 38.5 Å². The standard InChI is InChI=1S/C22H31F3N4O2/c1-21(2)14-19(30)29(20(31)15-21)8-4-3-7-27-9-11-28(12-10-27)16-5-6-18(26)17(13-16)22(23,24)25/h5-6,13H,3-4,7-12,14-15,26H2,1-2H3. The fourth-order valence-electron chi connectivity index (χ4n) is 4.28. The zero-order chi connectivity index (χ0) is 22.8. The number of nitrogens with two attached hydrogens (primary N) is 1. The second kappa shape index (κ2) is 9.06. The second-order valence-corrected chi connectivity index (χ2v) is 9.26. The lowest BCUT2D eigenvalue weighted by atomic mass is 9.82. The highest BCUT2D eigenvalue weighted by molar-refractivity contribution is 5.98. The van der Waals surface area contributed by atoms with Crippen molar-refractivity contribution in [3.05, 3.63) is 23.8 Å². The smallest absolute Gasteiger partial charge is 0.398 e. The summed E-state index contributed by atoms with van der Waals surface area (Å²) in [6.45, 7) is 7.95. The van der Waals surface area contributed by atoms with Crippen LogP contribution in [0.3, 0.4) is 0 Å². The lowest BCUT2D eigenvalue weighted by Crippen LogP contribution is -2.47. The number of nitrogen functional groups attached to an aromatic ring is 1. The maximum absolute atomic E-state index is 13.1. The lowest BCUT2D eigenvalue weighted by molar-refractivity contribution is -0.152. The van der Waals surface area contributed by atoms with Crippen LogP contribution in [0.25, 0.3) is 0 Å². The first-order chi connectivity index (χ1) is 14.5. The number of piperidine rings is 1. The van der Waals surface area contributed by atoms with Gasteiger partial charge in [-0.3, -0.25) is 19.4 Å². The van der Waals surface area contributed by atoms with Gasteiger partial charge in [0.25, 0.3) is 0 Å². The van der Waals surface area contributed by atoms with Crippen LogP contribution in [0.5, 0.6) is 0 Å². The van der Waals surface area contributed by atoms with E-state index in [2.05, 4.69) is 4.90 Å². The first-order valence-electron chi connectivity index (χ1n) is 10.7. The molecule has 2 fully saturated rings. The van der Waals surface area contributed by atoms with Crippen molar-refractivity contribution in [2.45, 2.75) is 45.7 Å². The van der Waals surface area contributed by atoms with Gasteiger partial charge in [0.05, 0.1) is 5.56 Å². The molecule has 0 bridgehead atoms. The highest BCUT2D eigenvalue weighted by Crippen LogP contribution is 2.36. The fraction of sp³-hybridized carbons (Fsp3) is 0.636. The Morgan fingerprint density at radius 2 is 1.55 bits per heavy atom. The third kappa shape index (κ3) is 5.90. The predicted octanol–water partition coefficient (Wildman–Crippen LogP) is 3.37. The Labute approximate surface area is 181 Å². The second-order valence-electron chi connectivity index (χ2n) is 9.26. The number of rotatable bonds is 6. The van der Waals surface area contributed by atoms with E-state index in [1.54, 1.807) is 6.07 Å². The van der Waals surface area contributed by atoms with Crippen LogP contribution in [0.15, 0.2) is 18.2 Å². The quantitative estimate of drug-likeness (QED) is 0.417. The molecule has 172 valence electrons. The van der Waals surface area contributed by atoms with Crippen LogP contribution in [0, 0.1) is 5.41 Å². The van der Waals surface area contributed by atoms with Gasteiger partial charge in [0.2, 0.25) is 11.8 Å². The molecular weight excluding hydrogens is 409 g/mol. The largest absolute Gasteiger partial charge is 0.418 e. The number of anilines is 2. The molecule has 3 rings (SSSR count). The number of imide groups is 1. The molecule has 6 nitrogen and oxygen atoms in total. The van der Waals surface area contributed by atoms with Crippen molar-refractivity contribution in [2.75, 3.05) is 49.9 Å². The molecule has 2 N–H and O–H groups in total. The van der Waals surface area contributed by atoms with Gasteiger partial charge in [0.1, 0.15) is 0 Å². The molecule has 1 aromatic rings. The number of benzene rings is 1. The van der Waals surface area contributed by atoms with Gasteiger partial charge in [-0.15, -0.1) is 0 Å². The number of piperazine rings is 1. The molecule has 2 aliphatic heterocycles. The van der Waals surface area contributed by atoms with Gasteiger partial charge in [-0.05, 0) is 43.0 Å². The highest BCUT2D eigenvalue weighted by atomic mass is 19.4. The Kier molecular flexibility index (Phi) is 6.83. The fourth-order valence-corrected chi connectivity index (χ4v) is 4.28.